The fraction of sp³-hybridized carbons (Fsp3) is 0.143. The Balaban J connectivity index is 2.46. The summed E-state index contributed by atoms with van der Waals surface area (Å²) in [5.74, 6) is 0.0850. The lowest BCUT2D eigenvalue weighted by Crippen LogP contribution is -2.04. The van der Waals surface area contributed by atoms with E-state index in [1.54, 1.807) is 38.2 Å². The average Bonchev–Trinajstić information content (AvgIpc) is 2.26. The van der Waals surface area contributed by atoms with Gasteiger partial charge in [-0.2, -0.15) is 0 Å². The molecular weight excluding hydrogens is 200 g/mol. The molecule has 0 saturated carbocycles. The van der Waals surface area contributed by atoms with Gasteiger partial charge in [-0.3, -0.25) is 9.59 Å². The van der Waals surface area contributed by atoms with Gasteiger partial charge in [-0.1, -0.05) is 12.2 Å². The van der Waals surface area contributed by atoms with E-state index in [4.69, 9.17) is 0 Å². The lowest BCUT2D eigenvalue weighted by Gasteiger charge is -2.10. The summed E-state index contributed by atoms with van der Waals surface area (Å²) in [6, 6.07) is 0. The number of ketones is 2. The van der Waals surface area contributed by atoms with Gasteiger partial charge >= 0.3 is 0 Å². The molecule has 0 N–H and O–H groups in total. The summed E-state index contributed by atoms with van der Waals surface area (Å²) in [6.07, 6.45) is 10.4. The molecule has 2 nitrogen and oxygen atoms in total. The first-order valence-electron chi connectivity index (χ1n) is 5.13. The van der Waals surface area contributed by atoms with Crippen LogP contribution in [0.15, 0.2) is 58.7 Å². The molecule has 80 valence electrons. The molecule has 0 aromatic carbocycles. The molecule has 0 heterocycles. The van der Waals surface area contributed by atoms with Gasteiger partial charge in [-0.05, 0) is 60.4 Å². The Bertz CT molecular complexity index is 475. The van der Waals surface area contributed by atoms with Crippen LogP contribution in [-0.2, 0) is 9.59 Å². The molecule has 0 spiro atoms. The Kier molecular flexibility index (Phi) is 2.57. The zero-order chi connectivity index (χ0) is 11.7. The van der Waals surface area contributed by atoms with Crippen LogP contribution in [0.5, 0.6) is 0 Å². The van der Waals surface area contributed by atoms with Crippen molar-refractivity contribution in [3.8, 4) is 0 Å². The van der Waals surface area contributed by atoms with E-state index in [1.807, 2.05) is 12.2 Å². The van der Waals surface area contributed by atoms with Crippen LogP contribution >= 0.6 is 0 Å². The van der Waals surface area contributed by atoms with Gasteiger partial charge in [-0.15, -0.1) is 0 Å². The minimum absolute atomic E-state index is 0.0425. The molecule has 0 bridgehead atoms. The Morgan fingerprint density at radius 1 is 0.688 bits per heavy atom. The molecule has 0 radical (unpaired) electrons. The van der Waals surface area contributed by atoms with Gasteiger partial charge in [-0.25, -0.2) is 0 Å². The lowest BCUT2D eigenvalue weighted by molar-refractivity contribution is -0.112. The van der Waals surface area contributed by atoms with Gasteiger partial charge < -0.3 is 0 Å². The first-order chi connectivity index (χ1) is 7.58. The van der Waals surface area contributed by atoms with Gasteiger partial charge in [0.2, 0.25) is 0 Å². The number of allylic oxidation sites excluding steroid dienone is 10. The van der Waals surface area contributed by atoms with E-state index in [1.165, 1.54) is 0 Å². The number of carbonyl (C=O) groups excluding carboxylic acids is 2. The van der Waals surface area contributed by atoms with Crippen LogP contribution in [0.1, 0.15) is 13.8 Å². The number of hydrogen-bond acceptors (Lipinski definition) is 2. The summed E-state index contributed by atoms with van der Waals surface area (Å²) >= 11 is 0. The number of rotatable bonds is 0. The van der Waals surface area contributed by atoms with Crippen molar-refractivity contribution in [1.29, 1.82) is 0 Å². The van der Waals surface area contributed by atoms with E-state index in [0.29, 0.717) is 0 Å². The largest absolute Gasteiger partial charge is 0.290 e. The zero-order valence-corrected chi connectivity index (χ0v) is 9.28. The Morgan fingerprint density at radius 2 is 1.06 bits per heavy atom. The maximum atomic E-state index is 11.3. The van der Waals surface area contributed by atoms with E-state index in [-0.39, 0.29) is 11.6 Å². The fourth-order valence-electron chi connectivity index (χ4n) is 1.66. The first-order valence-corrected chi connectivity index (χ1v) is 5.13. The third kappa shape index (κ3) is 1.87. The fourth-order valence-corrected chi connectivity index (χ4v) is 1.66. The summed E-state index contributed by atoms with van der Waals surface area (Å²) in [5.41, 5.74) is 3.39. The Labute approximate surface area is 94.3 Å². The number of carbonyl (C=O) groups is 2. The van der Waals surface area contributed by atoms with Crippen LogP contribution in [0.3, 0.4) is 0 Å². The Hall–Kier alpha value is -1.96. The molecule has 2 aliphatic rings. The molecule has 0 atom stereocenters. The van der Waals surface area contributed by atoms with Crippen molar-refractivity contribution >= 4 is 11.6 Å². The molecule has 2 heteroatoms. The maximum absolute atomic E-state index is 11.3. The molecular formula is C14H12O2. The molecule has 0 aromatic rings. The average molecular weight is 212 g/mol. The van der Waals surface area contributed by atoms with Crippen LogP contribution < -0.4 is 0 Å². The maximum Gasteiger partial charge on any atom is 0.181 e. The summed E-state index contributed by atoms with van der Waals surface area (Å²) in [5, 5.41) is 0. The highest BCUT2D eigenvalue weighted by molar-refractivity contribution is 6.07. The van der Waals surface area contributed by atoms with E-state index in [9.17, 15) is 9.59 Å². The molecule has 2 aliphatic carbocycles. The predicted octanol–water partition coefficient (Wildman–Crippen LogP) is 2.45. The molecule has 0 fully saturated rings. The Morgan fingerprint density at radius 3 is 1.38 bits per heavy atom. The molecule has 16 heavy (non-hydrogen) atoms. The van der Waals surface area contributed by atoms with Gasteiger partial charge in [0.15, 0.2) is 11.6 Å². The first kappa shape index (κ1) is 10.6. The van der Waals surface area contributed by atoms with Crippen molar-refractivity contribution in [1.82, 2.24) is 0 Å². The van der Waals surface area contributed by atoms with Crippen LogP contribution in [0, 0.1) is 0 Å². The van der Waals surface area contributed by atoms with E-state index >= 15 is 0 Å². The normalized spacial score (nSPS) is 24.6. The molecule has 0 saturated heterocycles. The summed E-state index contributed by atoms with van der Waals surface area (Å²) in [4.78, 5) is 22.5. The highest BCUT2D eigenvalue weighted by atomic mass is 16.1. The second-order valence-electron chi connectivity index (χ2n) is 3.96. The van der Waals surface area contributed by atoms with Gasteiger partial charge in [0.05, 0.1) is 0 Å². The highest BCUT2D eigenvalue weighted by Crippen LogP contribution is 2.22. The predicted molar refractivity (Wildman–Crippen MR) is 62.8 cm³/mol. The standard InChI is InChI=1S/C14H12O2/c1-9-7-11(3-5-13(9)15)12-4-6-14(16)10(2)8-12/h3-8H,1-2H3. The summed E-state index contributed by atoms with van der Waals surface area (Å²) in [7, 11) is 0. The summed E-state index contributed by atoms with van der Waals surface area (Å²) < 4.78 is 0. The topological polar surface area (TPSA) is 34.1 Å². The third-order valence-corrected chi connectivity index (χ3v) is 2.68. The molecule has 0 unspecified atom stereocenters. The van der Waals surface area contributed by atoms with Crippen molar-refractivity contribution in [2.24, 2.45) is 0 Å². The van der Waals surface area contributed by atoms with Crippen molar-refractivity contribution < 1.29 is 9.59 Å². The van der Waals surface area contributed by atoms with Crippen molar-refractivity contribution in [2.45, 2.75) is 13.8 Å². The summed E-state index contributed by atoms with van der Waals surface area (Å²) in [6.45, 7) is 3.58. The second-order valence-corrected chi connectivity index (χ2v) is 3.96. The minimum atomic E-state index is 0.0425. The van der Waals surface area contributed by atoms with Crippen molar-refractivity contribution in [2.75, 3.05) is 0 Å². The van der Waals surface area contributed by atoms with Crippen LogP contribution in [0.2, 0.25) is 0 Å². The minimum Gasteiger partial charge on any atom is -0.290 e. The molecule has 0 aliphatic heterocycles. The van der Waals surface area contributed by atoms with Crippen molar-refractivity contribution in [3.63, 3.8) is 0 Å². The van der Waals surface area contributed by atoms with E-state index in [0.717, 1.165) is 22.3 Å². The quantitative estimate of drug-likeness (QED) is 0.618. The molecule has 0 amide bonds. The monoisotopic (exact) mass is 212 g/mol. The molecule has 2 rings (SSSR count). The van der Waals surface area contributed by atoms with Gasteiger partial charge in [0, 0.05) is 0 Å². The van der Waals surface area contributed by atoms with Crippen molar-refractivity contribution in [3.05, 3.63) is 58.7 Å². The van der Waals surface area contributed by atoms with Crippen LogP contribution in [-0.4, -0.2) is 11.6 Å². The van der Waals surface area contributed by atoms with Gasteiger partial charge in [0.1, 0.15) is 0 Å². The smallest absolute Gasteiger partial charge is 0.181 e. The number of hydrogen-bond donors (Lipinski definition) is 0. The molecule has 0 aromatic heterocycles. The van der Waals surface area contributed by atoms with E-state index < -0.39 is 0 Å². The van der Waals surface area contributed by atoms with E-state index in [2.05, 4.69) is 0 Å². The lowest BCUT2D eigenvalue weighted by atomic mass is 9.93. The van der Waals surface area contributed by atoms with Crippen LogP contribution in [0.25, 0.3) is 0 Å². The third-order valence-electron chi connectivity index (χ3n) is 2.68. The van der Waals surface area contributed by atoms with Crippen LogP contribution in [0.4, 0.5) is 0 Å². The SMILES string of the molecule is CC1=CC(=C2C=CC(=O)C(C)=C2)C=CC1=O. The second kappa shape index (κ2) is 3.89. The zero-order valence-electron chi connectivity index (χ0n) is 9.28. The highest BCUT2D eigenvalue weighted by Gasteiger charge is 2.11. The van der Waals surface area contributed by atoms with Gasteiger partial charge in [0.25, 0.3) is 0 Å².